The SMILES string of the molecule is CCCCCC(C)CC(CCCC)Cc1ccc(N=C=S)cc1. The number of hydrogen-bond donors (Lipinski definition) is 0. The van der Waals surface area contributed by atoms with Crippen LogP contribution in [0.5, 0.6) is 0 Å². The highest BCUT2D eigenvalue weighted by Gasteiger charge is 2.14. The van der Waals surface area contributed by atoms with E-state index >= 15 is 0 Å². The van der Waals surface area contributed by atoms with Crippen LogP contribution in [0.1, 0.15) is 77.7 Å². The van der Waals surface area contributed by atoms with Gasteiger partial charge in [0, 0.05) is 0 Å². The van der Waals surface area contributed by atoms with E-state index in [1.54, 1.807) is 0 Å². The minimum atomic E-state index is 0.812. The van der Waals surface area contributed by atoms with Crippen molar-refractivity contribution in [3.8, 4) is 0 Å². The number of aliphatic imine (C=N–C) groups is 1. The van der Waals surface area contributed by atoms with Crippen LogP contribution in [0.3, 0.4) is 0 Å². The zero-order chi connectivity index (χ0) is 16.9. The molecule has 1 aromatic rings. The molecule has 1 nitrogen and oxygen atoms in total. The van der Waals surface area contributed by atoms with Crippen LogP contribution in [-0.2, 0) is 6.42 Å². The molecule has 0 radical (unpaired) electrons. The first-order valence-corrected chi connectivity index (χ1v) is 9.77. The fourth-order valence-corrected chi connectivity index (χ4v) is 3.42. The van der Waals surface area contributed by atoms with Crippen LogP contribution in [0, 0.1) is 11.8 Å². The molecule has 2 atom stereocenters. The van der Waals surface area contributed by atoms with Gasteiger partial charge < -0.3 is 0 Å². The van der Waals surface area contributed by atoms with Crippen molar-refractivity contribution in [3.63, 3.8) is 0 Å². The molecule has 0 heterocycles. The van der Waals surface area contributed by atoms with Crippen molar-refractivity contribution in [2.75, 3.05) is 0 Å². The van der Waals surface area contributed by atoms with Crippen molar-refractivity contribution >= 4 is 23.1 Å². The van der Waals surface area contributed by atoms with Gasteiger partial charge >= 0.3 is 0 Å². The van der Waals surface area contributed by atoms with Crippen molar-refractivity contribution < 1.29 is 0 Å². The van der Waals surface area contributed by atoms with Gasteiger partial charge in [-0.1, -0.05) is 77.8 Å². The largest absolute Gasteiger partial charge is 0.195 e. The Bertz CT molecular complexity index is 459. The molecule has 0 aromatic heterocycles. The fourth-order valence-electron chi connectivity index (χ4n) is 3.32. The van der Waals surface area contributed by atoms with Crippen LogP contribution in [0.4, 0.5) is 5.69 Å². The van der Waals surface area contributed by atoms with Crippen LogP contribution in [0.15, 0.2) is 29.3 Å². The van der Waals surface area contributed by atoms with Crippen molar-refractivity contribution in [3.05, 3.63) is 29.8 Å². The monoisotopic (exact) mass is 331 g/mol. The maximum atomic E-state index is 4.66. The molecule has 2 heteroatoms. The van der Waals surface area contributed by atoms with Crippen LogP contribution >= 0.6 is 12.2 Å². The molecule has 0 fully saturated rings. The summed E-state index contributed by atoms with van der Waals surface area (Å²) in [6.07, 6.45) is 12.0. The van der Waals surface area contributed by atoms with Gasteiger partial charge in [-0.3, -0.25) is 0 Å². The summed E-state index contributed by atoms with van der Waals surface area (Å²) in [7, 11) is 0. The molecule has 0 spiro atoms. The van der Waals surface area contributed by atoms with Gasteiger partial charge in [0.05, 0.1) is 10.8 Å². The molecule has 0 bridgehead atoms. The lowest BCUT2D eigenvalue weighted by atomic mass is 9.84. The minimum absolute atomic E-state index is 0.812. The molecule has 0 saturated carbocycles. The molecule has 0 amide bonds. The van der Waals surface area contributed by atoms with Gasteiger partial charge in [-0.2, -0.15) is 4.99 Å². The number of nitrogens with zero attached hydrogens (tertiary/aromatic N) is 1. The number of thiocarbonyl (C=S) groups is 1. The predicted molar refractivity (Wildman–Crippen MR) is 106 cm³/mol. The average molecular weight is 332 g/mol. The molecular formula is C21H33NS. The van der Waals surface area contributed by atoms with Gasteiger partial charge in [-0.25, -0.2) is 0 Å². The molecule has 0 aliphatic carbocycles. The van der Waals surface area contributed by atoms with E-state index in [0.29, 0.717) is 0 Å². The fraction of sp³-hybridized carbons (Fsp3) is 0.667. The Kier molecular flexibility index (Phi) is 10.9. The predicted octanol–water partition coefficient (Wildman–Crippen LogP) is 7.38. The number of unbranched alkanes of at least 4 members (excludes halogenated alkanes) is 3. The van der Waals surface area contributed by atoms with E-state index in [-0.39, 0.29) is 0 Å². The van der Waals surface area contributed by atoms with Crippen LogP contribution < -0.4 is 0 Å². The van der Waals surface area contributed by atoms with Crippen molar-refractivity contribution in [1.29, 1.82) is 0 Å². The Morgan fingerprint density at radius 3 is 2.30 bits per heavy atom. The highest BCUT2D eigenvalue weighted by atomic mass is 32.1. The third-order valence-electron chi connectivity index (χ3n) is 4.64. The molecule has 0 saturated heterocycles. The highest BCUT2D eigenvalue weighted by molar-refractivity contribution is 7.78. The lowest BCUT2D eigenvalue weighted by Gasteiger charge is -2.21. The van der Waals surface area contributed by atoms with Crippen molar-refractivity contribution in [2.24, 2.45) is 16.8 Å². The Morgan fingerprint density at radius 1 is 1.00 bits per heavy atom. The quantitative estimate of drug-likeness (QED) is 0.221. The normalized spacial score (nSPS) is 13.3. The summed E-state index contributed by atoms with van der Waals surface area (Å²) < 4.78 is 0. The van der Waals surface area contributed by atoms with Gasteiger partial charge in [0.2, 0.25) is 0 Å². The van der Waals surface area contributed by atoms with E-state index in [1.165, 1.54) is 63.4 Å². The van der Waals surface area contributed by atoms with E-state index in [4.69, 9.17) is 0 Å². The summed E-state index contributed by atoms with van der Waals surface area (Å²) in [5.74, 6) is 1.66. The van der Waals surface area contributed by atoms with E-state index in [9.17, 15) is 0 Å². The third kappa shape index (κ3) is 9.03. The Morgan fingerprint density at radius 2 is 1.70 bits per heavy atom. The lowest BCUT2D eigenvalue weighted by Crippen LogP contribution is -2.10. The number of isothiocyanates is 1. The van der Waals surface area contributed by atoms with Crippen LogP contribution in [-0.4, -0.2) is 5.16 Å². The topological polar surface area (TPSA) is 12.4 Å². The zero-order valence-corrected chi connectivity index (χ0v) is 16.0. The molecule has 0 aliphatic rings. The summed E-state index contributed by atoms with van der Waals surface area (Å²) in [4.78, 5) is 4.03. The Labute approximate surface area is 148 Å². The number of hydrogen-bond acceptors (Lipinski definition) is 2. The van der Waals surface area contributed by atoms with Crippen molar-refractivity contribution in [2.45, 2.75) is 78.6 Å². The first kappa shape index (κ1) is 20.1. The van der Waals surface area contributed by atoms with E-state index in [1.807, 2.05) is 0 Å². The average Bonchev–Trinajstić information content (AvgIpc) is 2.55. The second-order valence-electron chi connectivity index (χ2n) is 6.92. The standard InChI is InChI=1S/C21H33NS/c1-4-6-8-9-18(3)15-20(10-7-5-2)16-19-11-13-21(14-12-19)22-17-23/h11-14,18,20H,4-10,15-16H2,1-3H3. The molecule has 0 aliphatic heterocycles. The van der Waals surface area contributed by atoms with Gasteiger partial charge in [0.25, 0.3) is 0 Å². The summed E-state index contributed by atoms with van der Waals surface area (Å²) in [5, 5.41) is 2.43. The molecule has 0 N–H and O–H groups in total. The van der Waals surface area contributed by atoms with Crippen molar-refractivity contribution in [1.82, 2.24) is 0 Å². The van der Waals surface area contributed by atoms with E-state index < -0.39 is 0 Å². The summed E-state index contributed by atoms with van der Waals surface area (Å²) in [6.45, 7) is 7.01. The van der Waals surface area contributed by atoms with Crippen LogP contribution in [0.25, 0.3) is 0 Å². The first-order valence-electron chi connectivity index (χ1n) is 9.36. The zero-order valence-electron chi connectivity index (χ0n) is 15.2. The molecule has 1 rings (SSSR count). The maximum Gasteiger partial charge on any atom is 0.0739 e. The Hall–Kier alpha value is -0.980. The van der Waals surface area contributed by atoms with Gasteiger partial charge in [0.1, 0.15) is 0 Å². The lowest BCUT2D eigenvalue weighted by molar-refractivity contribution is 0.339. The molecule has 1 aromatic carbocycles. The first-order chi connectivity index (χ1) is 11.2. The molecule has 2 unspecified atom stereocenters. The second kappa shape index (κ2) is 12.4. The van der Waals surface area contributed by atoms with Gasteiger partial charge in [0.15, 0.2) is 0 Å². The molecular weight excluding hydrogens is 298 g/mol. The summed E-state index contributed by atoms with van der Waals surface area (Å²) in [6, 6.07) is 8.50. The maximum absolute atomic E-state index is 4.66. The number of rotatable bonds is 12. The Balaban J connectivity index is 2.56. The van der Waals surface area contributed by atoms with Crippen LogP contribution in [0.2, 0.25) is 0 Å². The summed E-state index contributed by atoms with van der Waals surface area (Å²) in [5.41, 5.74) is 2.33. The minimum Gasteiger partial charge on any atom is -0.195 e. The third-order valence-corrected chi connectivity index (χ3v) is 4.73. The molecule has 23 heavy (non-hydrogen) atoms. The smallest absolute Gasteiger partial charge is 0.0739 e. The van der Waals surface area contributed by atoms with E-state index in [2.05, 4.69) is 67.4 Å². The highest BCUT2D eigenvalue weighted by Crippen LogP contribution is 2.26. The van der Waals surface area contributed by atoms with E-state index in [0.717, 1.165) is 17.5 Å². The molecule has 128 valence electrons. The van der Waals surface area contributed by atoms with Gasteiger partial charge in [-0.15, -0.1) is 0 Å². The summed E-state index contributed by atoms with van der Waals surface area (Å²) >= 11 is 4.66. The number of benzene rings is 1. The van der Waals surface area contributed by atoms with Gasteiger partial charge in [-0.05, 0) is 54.6 Å². The second-order valence-corrected chi connectivity index (χ2v) is 7.10.